The molecular formula is C15H25NO3. The van der Waals surface area contributed by atoms with Gasteiger partial charge in [-0.2, -0.15) is 0 Å². The summed E-state index contributed by atoms with van der Waals surface area (Å²) in [6.07, 6.45) is 0.654. The smallest absolute Gasteiger partial charge is 0.124 e. The molecule has 1 rings (SSSR count). The lowest BCUT2D eigenvalue weighted by atomic mass is 9.95. The Hall–Kier alpha value is -1.10. The molecular weight excluding hydrogens is 242 g/mol. The van der Waals surface area contributed by atoms with Gasteiger partial charge in [-0.05, 0) is 26.3 Å². The van der Waals surface area contributed by atoms with Gasteiger partial charge in [-0.3, -0.25) is 0 Å². The van der Waals surface area contributed by atoms with E-state index in [9.17, 15) is 10.2 Å². The number of ether oxygens (including phenoxy) is 1. The molecule has 1 aromatic rings. The van der Waals surface area contributed by atoms with Crippen LogP contribution in [0.2, 0.25) is 0 Å². The van der Waals surface area contributed by atoms with Gasteiger partial charge in [0.25, 0.3) is 0 Å². The third-order valence-corrected chi connectivity index (χ3v) is 3.49. The Morgan fingerprint density at radius 3 is 2.37 bits per heavy atom. The van der Waals surface area contributed by atoms with Crippen molar-refractivity contribution in [3.63, 3.8) is 0 Å². The van der Waals surface area contributed by atoms with Crippen molar-refractivity contribution in [2.45, 2.75) is 38.8 Å². The van der Waals surface area contributed by atoms with Gasteiger partial charge in [0.05, 0.1) is 25.4 Å². The molecule has 0 aromatic heterocycles. The van der Waals surface area contributed by atoms with Crippen LogP contribution in [0.25, 0.3) is 0 Å². The van der Waals surface area contributed by atoms with Gasteiger partial charge in [-0.1, -0.05) is 25.1 Å². The van der Waals surface area contributed by atoms with Crippen molar-refractivity contribution in [3.05, 3.63) is 29.8 Å². The van der Waals surface area contributed by atoms with E-state index in [-0.39, 0.29) is 19.3 Å². The molecule has 0 spiro atoms. The molecule has 1 unspecified atom stereocenters. The third kappa shape index (κ3) is 3.93. The lowest BCUT2D eigenvalue weighted by Crippen LogP contribution is -2.52. The van der Waals surface area contributed by atoms with Crippen LogP contribution in [0.4, 0.5) is 0 Å². The fourth-order valence-electron chi connectivity index (χ4n) is 2.13. The summed E-state index contributed by atoms with van der Waals surface area (Å²) in [4.78, 5) is 0. The number of hydrogen-bond donors (Lipinski definition) is 3. The zero-order valence-corrected chi connectivity index (χ0v) is 12.0. The van der Waals surface area contributed by atoms with E-state index in [0.29, 0.717) is 13.0 Å². The van der Waals surface area contributed by atoms with Crippen molar-refractivity contribution in [2.75, 3.05) is 19.8 Å². The lowest BCUT2D eigenvalue weighted by Gasteiger charge is -2.33. The molecule has 1 aromatic carbocycles. The monoisotopic (exact) mass is 267 g/mol. The molecule has 0 aliphatic heterocycles. The summed E-state index contributed by atoms with van der Waals surface area (Å²) in [5, 5.41) is 22.3. The van der Waals surface area contributed by atoms with E-state index in [1.807, 2.05) is 45.0 Å². The fourth-order valence-corrected chi connectivity index (χ4v) is 2.13. The minimum absolute atomic E-state index is 0.0120. The first-order valence-corrected chi connectivity index (χ1v) is 6.83. The highest BCUT2D eigenvalue weighted by Gasteiger charge is 2.29. The first-order chi connectivity index (χ1) is 9.12. The van der Waals surface area contributed by atoms with E-state index >= 15 is 0 Å². The average molecular weight is 267 g/mol. The Morgan fingerprint density at radius 1 is 1.21 bits per heavy atom. The largest absolute Gasteiger partial charge is 0.494 e. The third-order valence-electron chi connectivity index (χ3n) is 3.49. The second kappa shape index (κ2) is 7.48. The molecule has 0 aliphatic carbocycles. The molecule has 19 heavy (non-hydrogen) atoms. The van der Waals surface area contributed by atoms with Gasteiger partial charge in [-0.25, -0.2) is 0 Å². The van der Waals surface area contributed by atoms with Crippen molar-refractivity contribution in [3.8, 4) is 5.75 Å². The van der Waals surface area contributed by atoms with E-state index in [4.69, 9.17) is 4.74 Å². The van der Waals surface area contributed by atoms with E-state index in [2.05, 4.69) is 5.32 Å². The lowest BCUT2D eigenvalue weighted by molar-refractivity contribution is 0.0789. The van der Waals surface area contributed by atoms with Crippen LogP contribution < -0.4 is 10.1 Å². The first-order valence-electron chi connectivity index (χ1n) is 6.83. The van der Waals surface area contributed by atoms with Gasteiger partial charge in [-0.15, -0.1) is 0 Å². The zero-order chi connectivity index (χ0) is 14.3. The Morgan fingerprint density at radius 2 is 1.84 bits per heavy atom. The van der Waals surface area contributed by atoms with Crippen molar-refractivity contribution < 1.29 is 14.9 Å². The van der Waals surface area contributed by atoms with Crippen LogP contribution in [-0.4, -0.2) is 35.6 Å². The molecule has 108 valence electrons. The van der Waals surface area contributed by atoms with Gasteiger partial charge < -0.3 is 20.3 Å². The summed E-state index contributed by atoms with van der Waals surface area (Å²) in [5.74, 6) is 0.839. The molecule has 0 radical (unpaired) electrons. The van der Waals surface area contributed by atoms with E-state index in [1.54, 1.807) is 0 Å². The Balaban J connectivity index is 2.90. The summed E-state index contributed by atoms with van der Waals surface area (Å²) >= 11 is 0. The second-order valence-electron chi connectivity index (χ2n) is 4.79. The van der Waals surface area contributed by atoms with Crippen LogP contribution in [0.5, 0.6) is 5.75 Å². The van der Waals surface area contributed by atoms with Gasteiger partial charge in [0.1, 0.15) is 5.75 Å². The molecule has 0 fully saturated rings. The van der Waals surface area contributed by atoms with Crippen LogP contribution in [0, 0.1) is 0 Å². The van der Waals surface area contributed by atoms with Crippen LogP contribution >= 0.6 is 0 Å². The first kappa shape index (κ1) is 16.0. The maximum atomic E-state index is 9.49. The number of nitrogens with one attached hydrogen (secondary N) is 1. The number of rotatable bonds is 8. The van der Waals surface area contributed by atoms with Gasteiger partial charge in [0.15, 0.2) is 0 Å². The highest BCUT2D eigenvalue weighted by atomic mass is 16.5. The molecule has 4 heteroatoms. The van der Waals surface area contributed by atoms with E-state index in [0.717, 1.165) is 11.3 Å². The Bertz CT molecular complexity index is 369. The Kier molecular flexibility index (Phi) is 6.28. The fraction of sp³-hybridized carbons (Fsp3) is 0.600. The van der Waals surface area contributed by atoms with Crippen LogP contribution in [0.15, 0.2) is 24.3 Å². The van der Waals surface area contributed by atoms with Crippen LogP contribution in [-0.2, 0) is 0 Å². The normalized spacial score (nSPS) is 13.3. The molecule has 0 saturated heterocycles. The molecule has 0 saturated carbocycles. The molecule has 0 aliphatic rings. The van der Waals surface area contributed by atoms with Crippen molar-refractivity contribution >= 4 is 0 Å². The average Bonchev–Trinajstić information content (AvgIpc) is 2.46. The molecule has 0 bridgehead atoms. The Labute approximate surface area is 115 Å². The van der Waals surface area contributed by atoms with Crippen LogP contribution in [0.1, 0.15) is 38.8 Å². The summed E-state index contributed by atoms with van der Waals surface area (Å²) in [6, 6.07) is 7.82. The number of aliphatic hydroxyl groups excluding tert-OH is 2. The second-order valence-corrected chi connectivity index (χ2v) is 4.79. The predicted molar refractivity (Wildman–Crippen MR) is 76.4 cm³/mol. The molecule has 3 N–H and O–H groups in total. The summed E-state index contributed by atoms with van der Waals surface area (Å²) in [5.41, 5.74) is 0.378. The quantitative estimate of drug-likeness (QED) is 0.673. The number of hydrogen-bond acceptors (Lipinski definition) is 4. The number of aliphatic hydroxyl groups is 2. The molecule has 0 heterocycles. The van der Waals surface area contributed by atoms with Crippen molar-refractivity contribution in [2.24, 2.45) is 0 Å². The maximum absolute atomic E-state index is 9.49. The minimum Gasteiger partial charge on any atom is -0.494 e. The van der Waals surface area contributed by atoms with E-state index in [1.165, 1.54) is 0 Å². The zero-order valence-electron chi connectivity index (χ0n) is 12.0. The predicted octanol–water partition coefficient (Wildman–Crippen LogP) is 1.87. The van der Waals surface area contributed by atoms with Gasteiger partial charge in [0.2, 0.25) is 0 Å². The highest BCUT2D eigenvalue weighted by Crippen LogP contribution is 2.27. The minimum atomic E-state index is -0.654. The topological polar surface area (TPSA) is 61.7 Å². The highest BCUT2D eigenvalue weighted by molar-refractivity contribution is 5.35. The summed E-state index contributed by atoms with van der Waals surface area (Å²) in [6.45, 7) is 6.33. The summed E-state index contributed by atoms with van der Waals surface area (Å²) in [7, 11) is 0. The van der Waals surface area contributed by atoms with E-state index < -0.39 is 5.54 Å². The van der Waals surface area contributed by atoms with Crippen molar-refractivity contribution in [1.29, 1.82) is 0 Å². The molecule has 1 atom stereocenters. The SMILES string of the molecule is CCOc1ccccc1C(C)NC(CC)(CO)CO. The standard InChI is InChI=1S/C15H25NO3/c1-4-15(10-17,11-18)16-12(3)13-8-6-7-9-14(13)19-5-2/h6-9,12,16-18H,4-5,10-11H2,1-3H3. The van der Waals surface area contributed by atoms with Gasteiger partial charge >= 0.3 is 0 Å². The van der Waals surface area contributed by atoms with Crippen molar-refractivity contribution in [1.82, 2.24) is 5.32 Å². The maximum Gasteiger partial charge on any atom is 0.124 e. The summed E-state index contributed by atoms with van der Waals surface area (Å²) < 4.78 is 5.61. The number of para-hydroxylation sites is 1. The number of benzene rings is 1. The van der Waals surface area contributed by atoms with Gasteiger partial charge in [0, 0.05) is 11.6 Å². The molecule has 0 amide bonds. The molecule has 4 nitrogen and oxygen atoms in total. The van der Waals surface area contributed by atoms with Crippen LogP contribution in [0.3, 0.4) is 0 Å².